The van der Waals surface area contributed by atoms with Gasteiger partial charge in [0.05, 0.1) is 17.0 Å². The summed E-state index contributed by atoms with van der Waals surface area (Å²) < 4.78 is 1.85. The minimum Gasteiger partial charge on any atom is -0.396 e. The number of nitrogens with one attached hydrogen (secondary N) is 2. The molecule has 0 fully saturated rings. The van der Waals surface area contributed by atoms with Gasteiger partial charge in [-0.15, -0.1) is 0 Å². The van der Waals surface area contributed by atoms with E-state index in [2.05, 4.69) is 68.9 Å². The van der Waals surface area contributed by atoms with Crippen LogP contribution in [0.2, 0.25) is 0 Å². The highest BCUT2D eigenvalue weighted by Gasteiger charge is 2.36. The average Bonchev–Trinajstić information content (AvgIpc) is 3.22. The SMILES string of the molecule is CN(C)Cc1ccc(C2CNc3cccc4c(=O)[nH]nc(c34)C2c2ncnn2CCCO)cc1. The first-order valence-corrected chi connectivity index (χ1v) is 11.5. The predicted octanol–water partition coefficient (Wildman–Crippen LogP) is 2.30. The lowest BCUT2D eigenvalue weighted by Gasteiger charge is -2.26. The van der Waals surface area contributed by atoms with E-state index in [0.717, 1.165) is 34.7 Å². The largest absolute Gasteiger partial charge is 0.396 e. The van der Waals surface area contributed by atoms with Crippen LogP contribution in [-0.4, -0.2) is 62.2 Å². The molecule has 2 unspecified atom stereocenters. The van der Waals surface area contributed by atoms with E-state index in [9.17, 15) is 9.90 Å². The van der Waals surface area contributed by atoms with Crippen molar-refractivity contribution in [3.05, 3.63) is 81.8 Å². The van der Waals surface area contributed by atoms with Gasteiger partial charge < -0.3 is 15.3 Å². The van der Waals surface area contributed by atoms with Gasteiger partial charge in [0.15, 0.2) is 0 Å². The molecule has 0 bridgehead atoms. The van der Waals surface area contributed by atoms with E-state index < -0.39 is 0 Å². The Labute approximate surface area is 197 Å². The molecule has 2 aromatic heterocycles. The maximum Gasteiger partial charge on any atom is 0.272 e. The second-order valence-corrected chi connectivity index (χ2v) is 9.03. The third-order valence-electron chi connectivity index (χ3n) is 6.41. The highest BCUT2D eigenvalue weighted by atomic mass is 16.3. The van der Waals surface area contributed by atoms with Gasteiger partial charge in [-0.25, -0.2) is 14.8 Å². The zero-order chi connectivity index (χ0) is 23.7. The number of aliphatic hydroxyl groups is 1. The summed E-state index contributed by atoms with van der Waals surface area (Å²) in [6.45, 7) is 2.15. The first-order chi connectivity index (χ1) is 16.6. The van der Waals surface area contributed by atoms with Gasteiger partial charge >= 0.3 is 0 Å². The summed E-state index contributed by atoms with van der Waals surface area (Å²) in [5.41, 5.74) is 3.85. The van der Waals surface area contributed by atoms with E-state index >= 15 is 0 Å². The van der Waals surface area contributed by atoms with E-state index in [-0.39, 0.29) is 24.0 Å². The molecule has 3 N–H and O–H groups in total. The molecular formula is C25H29N7O2. The summed E-state index contributed by atoms with van der Waals surface area (Å²) in [5, 5.41) is 26.1. The summed E-state index contributed by atoms with van der Waals surface area (Å²) >= 11 is 0. The Morgan fingerprint density at radius 1 is 1.18 bits per heavy atom. The third-order valence-corrected chi connectivity index (χ3v) is 6.41. The molecule has 5 rings (SSSR count). The minimum absolute atomic E-state index is 0.000477. The zero-order valence-electron chi connectivity index (χ0n) is 19.4. The molecule has 0 aliphatic carbocycles. The summed E-state index contributed by atoms with van der Waals surface area (Å²) in [7, 11) is 4.12. The third kappa shape index (κ3) is 4.08. The van der Waals surface area contributed by atoms with Crippen molar-refractivity contribution in [3.8, 4) is 0 Å². The molecular weight excluding hydrogens is 430 g/mol. The van der Waals surface area contributed by atoms with Crippen molar-refractivity contribution < 1.29 is 5.11 Å². The fraction of sp³-hybridized carbons (Fsp3) is 0.360. The molecule has 0 saturated carbocycles. The van der Waals surface area contributed by atoms with Gasteiger partial charge in [-0.3, -0.25) is 4.79 Å². The van der Waals surface area contributed by atoms with Crippen LogP contribution in [0.3, 0.4) is 0 Å². The van der Waals surface area contributed by atoms with E-state index in [4.69, 9.17) is 0 Å². The topological polar surface area (TPSA) is 112 Å². The Morgan fingerprint density at radius 2 is 2.00 bits per heavy atom. The van der Waals surface area contributed by atoms with Gasteiger partial charge in [0.2, 0.25) is 0 Å². The molecule has 0 saturated heterocycles. The van der Waals surface area contributed by atoms with Crippen molar-refractivity contribution in [2.24, 2.45) is 0 Å². The molecule has 9 nitrogen and oxygen atoms in total. The smallest absolute Gasteiger partial charge is 0.272 e. The van der Waals surface area contributed by atoms with Crippen molar-refractivity contribution in [1.82, 2.24) is 29.9 Å². The fourth-order valence-electron chi connectivity index (χ4n) is 4.90. The van der Waals surface area contributed by atoms with Gasteiger partial charge in [-0.2, -0.15) is 10.2 Å². The van der Waals surface area contributed by atoms with Crippen molar-refractivity contribution in [2.75, 3.05) is 32.6 Å². The lowest BCUT2D eigenvalue weighted by molar-refractivity contribution is 0.275. The fourth-order valence-corrected chi connectivity index (χ4v) is 4.90. The molecule has 1 aliphatic heterocycles. The number of hydrogen-bond donors (Lipinski definition) is 3. The predicted molar refractivity (Wildman–Crippen MR) is 131 cm³/mol. The van der Waals surface area contributed by atoms with Gasteiger partial charge in [-0.1, -0.05) is 30.3 Å². The number of hydrogen-bond acceptors (Lipinski definition) is 7. The number of aryl methyl sites for hydroxylation is 1. The van der Waals surface area contributed by atoms with Crippen LogP contribution in [0.15, 0.2) is 53.6 Å². The summed E-state index contributed by atoms with van der Waals surface area (Å²) in [4.78, 5) is 19.4. The number of aliphatic hydroxyl groups excluding tert-OH is 1. The molecule has 0 amide bonds. The van der Waals surface area contributed by atoms with Crippen molar-refractivity contribution >= 4 is 16.5 Å². The van der Waals surface area contributed by atoms with Gasteiger partial charge in [0, 0.05) is 43.2 Å². The molecule has 9 heteroatoms. The Hall–Kier alpha value is -3.56. The molecule has 176 valence electrons. The zero-order valence-corrected chi connectivity index (χ0v) is 19.4. The van der Waals surface area contributed by atoms with Crippen LogP contribution in [0, 0.1) is 0 Å². The molecule has 0 radical (unpaired) electrons. The van der Waals surface area contributed by atoms with Gasteiger partial charge in [0.1, 0.15) is 12.2 Å². The Bertz CT molecular complexity index is 1340. The molecule has 34 heavy (non-hydrogen) atoms. The lowest BCUT2D eigenvalue weighted by Crippen LogP contribution is -2.24. The van der Waals surface area contributed by atoms with E-state index in [1.54, 1.807) is 6.33 Å². The number of H-pyrrole nitrogens is 1. The van der Waals surface area contributed by atoms with E-state index in [1.807, 2.05) is 22.9 Å². The highest BCUT2D eigenvalue weighted by Crippen LogP contribution is 2.43. The summed E-state index contributed by atoms with van der Waals surface area (Å²) in [6, 6.07) is 14.4. The molecule has 4 aromatic rings. The van der Waals surface area contributed by atoms with Crippen molar-refractivity contribution in [1.29, 1.82) is 0 Å². The quantitative estimate of drug-likeness (QED) is 0.389. The first-order valence-electron chi connectivity index (χ1n) is 11.5. The van der Waals surface area contributed by atoms with Crippen molar-refractivity contribution in [2.45, 2.75) is 31.3 Å². The standard InChI is InChI=1S/C25H29N7O2/c1-31(2)14-16-7-9-17(10-8-16)19-13-26-20-6-3-5-18-21(20)23(29-30-25(18)34)22(19)24-27-15-28-32(24)11-4-12-33/h3,5-10,15,19,22,26,33H,4,11-14H2,1-2H3,(H,30,34). The number of aromatic nitrogens is 5. The van der Waals surface area contributed by atoms with Crippen LogP contribution in [-0.2, 0) is 13.1 Å². The molecule has 1 aliphatic rings. The second-order valence-electron chi connectivity index (χ2n) is 9.03. The first kappa shape index (κ1) is 22.2. The number of rotatable bonds is 7. The Morgan fingerprint density at radius 3 is 2.76 bits per heavy atom. The van der Waals surface area contributed by atoms with Crippen LogP contribution in [0.1, 0.15) is 40.9 Å². The van der Waals surface area contributed by atoms with Gasteiger partial charge in [0.25, 0.3) is 5.56 Å². The monoisotopic (exact) mass is 459 g/mol. The Kier molecular flexibility index (Phi) is 6.12. The van der Waals surface area contributed by atoms with Crippen LogP contribution in [0.4, 0.5) is 5.69 Å². The van der Waals surface area contributed by atoms with Crippen LogP contribution >= 0.6 is 0 Å². The maximum absolute atomic E-state index is 12.6. The van der Waals surface area contributed by atoms with Crippen molar-refractivity contribution in [3.63, 3.8) is 0 Å². The van der Waals surface area contributed by atoms with E-state index in [0.29, 0.717) is 24.9 Å². The minimum atomic E-state index is -0.239. The van der Waals surface area contributed by atoms with Crippen LogP contribution in [0.25, 0.3) is 10.8 Å². The Balaban J connectivity index is 1.68. The molecule has 0 spiro atoms. The highest BCUT2D eigenvalue weighted by molar-refractivity contribution is 5.96. The molecule has 3 heterocycles. The second kappa shape index (κ2) is 9.36. The summed E-state index contributed by atoms with van der Waals surface area (Å²) in [5.74, 6) is 0.533. The number of nitrogens with zero attached hydrogens (tertiary/aromatic N) is 5. The number of anilines is 1. The molecule has 2 aromatic carbocycles. The maximum atomic E-state index is 12.6. The number of aromatic amines is 1. The van der Waals surface area contributed by atoms with E-state index in [1.165, 1.54) is 5.56 Å². The summed E-state index contributed by atoms with van der Waals surface area (Å²) in [6.07, 6.45) is 2.13. The average molecular weight is 460 g/mol. The van der Waals surface area contributed by atoms with Crippen LogP contribution in [0.5, 0.6) is 0 Å². The van der Waals surface area contributed by atoms with Crippen LogP contribution < -0.4 is 10.9 Å². The van der Waals surface area contributed by atoms with Gasteiger partial charge in [-0.05, 0) is 43.8 Å². The normalized spacial score (nSPS) is 17.6. The molecule has 2 atom stereocenters. The lowest BCUT2D eigenvalue weighted by atomic mass is 9.82. The number of benzene rings is 2.